The third kappa shape index (κ3) is 5.02. The topological polar surface area (TPSA) is 0 Å². The van der Waals surface area contributed by atoms with E-state index in [9.17, 15) is 0 Å². The van der Waals surface area contributed by atoms with Gasteiger partial charge < -0.3 is 0 Å². The molecule has 1 aliphatic carbocycles. The quantitative estimate of drug-likeness (QED) is 0.402. The Labute approximate surface area is 125 Å². The predicted octanol–water partition coefficient (Wildman–Crippen LogP) is 6.53. The van der Waals surface area contributed by atoms with Crippen molar-refractivity contribution in [1.82, 2.24) is 0 Å². The van der Waals surface area contributed by atoms with E-state index in [1.165, 1.54) is 36.0 Å². The van der Waals surface area contributed by atoms with E-state index in [2.05, 4.69) is 71.6 Å². The average molecular weight is 270 g/mol. The van der Waals surface area contributed by atoms with Crippen LogP contribution in [-0.4, -0.2) is 0 Å². The van der Waals surface area contributed by atoms with Gasteiger partial charge in [-0.3, -0.25) is 0 Å². The van der Waals surface area contributed by atoms with Crippen molar-refractivity contribution < 1.29 is 0 Å². The molecule has 0 aromatic carbocycles. The lowest BCUT2D eigenvalue weighted by molar-refractivity contribution is 0.377. The third-order valence-corrected chi connectivity index (χ3v) is 4.27. The fourth-order valence-electron chi connectivity index (χ4n) is 2.73. The van der Waals surface area contributed by atoms with Crippen molar-refractivity contribution in [2.75, 3.05) is 0 Å². The summed E-state index contributed by atoms with van der Waals surface area (Å²) in [6.45, 7) is 13.4. The van der Waals surface area contributed by atoms with Crippen LogP contribution in [0.1, 0.15) is 67.2 Å². The van der Waals surface area contributed by atoms with Gasteiger partial charge >= 0.3 is 0 Å². The lowest BCUT2D eigenvalue weighted by atomic mass is 9.73. The van der Waals surface area contributed by atoms with Gasteiger partial charge in [-0.15, -0.1) is 5.73 Å². The Bertz CT molecular complexity index is 486. The summed E-state index contributed by atoms with van der Waals surface area (Å²) in [5, 5.41) is 0. The first-order chi connectivity index (χ1) is 9.36. The largest absolute Gasteiger partial charge is 0.121 e. The smallest absolute Gasteiger partial charge is 0.00621 e. The molecule has 20 heavy (non-hydrogen) atoms. The minimum atomic E-state index is 0.312. The number of hydrogen-bond donors (Lipinski definition) is 0. The Morgan fingerprint density at radius 3 is 2.60 bits per heavy atom. The van der Waals surface area contributed by atoms with Crippen molar-refractivity contribution in [1.29, 1.82) is 0 Å². The molecule has 0 amide bonds. The normalized spacial score (nSPS) is 19.2. The number of rotatable bonds is 4. The second kappa shape index (κ2) is 7.50. The second-order valence-electron chi connectivity index (χ2n) is 6.64. The minimum absolute atomic E-state index is 0.312. The predicted molar refractivity (Wildman–Crippen MR) is 90.8 cm³/mol. The van der Waals surface area contributed by atoms with Crippen molar-refractivity contribution in [2.24, 2.45) is 5.41 Å². The van der Waals surface area contributed by atoms with E-state index >= 15 is 0 Å². The first-order valence-corrected chi connectivity index (χ1v) is 7.78. The van der Waals surface area contributed by atoms with Gasteiger partial charge in [0.2, 0.25) is 0 Å². The van der Waals surface area contributed by atoms with Gasteiger partial charge in [0.1, 0.15) is 0 Å². The molecule has 0 saturated heterocycles. The SMILES string of the molecule is CC=C(C)C=CCC(C)=C=CC1=C(C)CCCC1(C)C. The van der Waals surface area contributed by atoms with Gasteiger partial charge in [-0.1, -0.05) is 43.2 Å². The maximum atomic E-state index is 3.49. The fourth-order valence-corrected chi connectivity index (χ4v) is 2.73. The molecule has 110 valence electrons. The summed E-state index contributed by atoms with van der Waals surface area (Å²) in [5.74, 6) is 0. The zero-order valence-electron chi connectivity index (χ0n) is 14.1. The molecule has 0 aromatic heterocycles. The number of hydrogen-bond acceptors (Lipinski definition) is 0. The molecule has 1 rings (SSSR count). The van der Waals surface area contributed by atoms with Crippen molar-refractivity contribution in [3.05, 3.63) is 52.3 Å². The van der Waals surface area contributed by atoms with Gasteiger partial charge in [0.05, 0.1) is 0 Å². The van der Waals surface area contributed by atoms with Crippen molar-refractivity contribution in [3.8, 4) is 0 Å². The maximum absolute atomic E-state index is 3.49. The van der Waals surface area contributed by atoms with E-state index in [0.29, 0.717) is 5.41 Å². The Morgan fingerprint density at radius 2 is 2.00 bits per heavy atom. The average Bonchev–Trinajstić information content (AvgIpc) is 2.37. The fraction of sp³-hybridized carbons (Fsp3) is 0.550. The molecule has 0 nitrogen and oxygen atoms in total. The van der Waals surface area contributed by atoms with Crippen LogP contribution in [0.25, 0.3) is 0 Å². The highest BCUT2D eigenvalue weighted by Gasteiger charge is 2.26. The van der Waals surface area contributed by atoms with Crippen LogP contribution in [0, 0.1) is 5.41 Å². The maximum Gasteiger partial charge on any atom is -0.00621 e. The summed E-state index contributed by atoms with van der Waals surface area (Å²) in [7, 11) is 0. The van der Waals surface area contributed by atoms with Crippen LogP contribution < -0.4 is 0 Å². The van der Waals surface area contributed by atoms with E-state index in [1.807, 2.05) is 0 Å². The molecule has 0 fully saturated rings. The Kier molecular flexibility index (Phi) is 6.30. The molecule has 1 aliphatic rings. The molecule has 0 unspecified atom stereocenters. The summed E-state index contributed by atoms with van der Waals surface area (Å²) >= 11 is 0. The zero-order chi connectivity index (χ0) is 15.2. The van der Waals surface area contributed by atoms with Gasteiger partial charge in [-0.25, -0.2) is 0 Å². The van der Waals surface area contributed by atoms with Crippen molar-refractivity contribution >= 4 is 0 Å². The van der Waals surface area contributed by atoms with Crippen molar-refractivity contribution in [2.45, 2.75) is 67.2 Å². The Hall–Kier alpha value is -1.26. The second-order valence-corrected chi connectivity index (χ2v) is 6.64. The van der Waals surface area contributed by atoms with E-state index in [4.69, 9.17) is 0 Å². The lowest BCUT2D eigenvalue weighted by Gasteiger charge is -2.32. The molecule has 0 N–H and O–H groups in total. The lowest BCUT2D eigenvalue weighted by Crippen LogP contribution is -2.18. The van der Waals surface area contributed by atoms with Gasteiger partial charge in [-0.2, -0.15) is 0 Å². The molecule has 0 heteroatoms. The van der Waals surface area contributed by atoms with Crippen LogP contribution in [0.4, 0.5) is 0 Å². The highest BCUT2D eigenvalue weighted by molar-refractivity contribution is 5.33. The first kappa shape index (κ1) is 16.8. The van der Waals surface area contributed by atoms with Crippen LogP contribution in [0.15, 0.2) is 52.3 Å². The van der Waals surface area contributed by atoms with Gasteiger partial charge in [0, 0.05) is 0 Å². The zero-order valence-corrected chi connectivity index (χ0v) is 14.1. The Morgan fingerprint density at radius 1 is 1.30 bits per heavy atom. The Balaban J connectivity index is 2.84. The molecule has 0 atom stereocenters. The third-order valence-electron chi connectivity index (χ3n) is 4.27. The highest BCUT2D eigenvalue weighted by Crippen LogP contribution is 2.40. The van der Waals surface area contributed by atoms with Gasteiger partial charge in [-0.05, 0) is 76.0 Å². The summed E-state index contributed by atoms with van der Waals surface area (Å²) in [6, 6.07) is 0. The molecule has 0 aromatic rings. The van der Waals surface area contributed by atoms with Crippen LogP contribution in [0.5, 0.6) is 0 Å². The summed E-state index contributed by atoms with van der Waals surface area (Å²) < 4.78 is 0. The van der Waals surface area contributed by atoms with Crippen LogP contribution in [0.2, 0.25) is 0 Å². The molecule has 0 heterocycles. The highest BCUT2D eigenvalue weighted by atomic mass is 14.3. The molecule has 0 aliphatic heterocycles. The van der Waals surface area contributed by atoms with Crippen molar-refractivity contribution in [3.63, 3.8) is 0 Å². The van der Waals surface area contributed by atoms with Crippen LogP contribution >= 0.6 is 0 Å². The first-order valence-electron chi connectivity index (χ1n) is 7.78. The summed E-state index contributed by atoms with van der Waals surface area (Å²) in [6.07, 6.45) is 13.6. The molecule has 0 spiro atoms. The standard InChI is InChI=1S/C20H30/c1-7-16(2)10-8-11-17(3)13-14-19-18(4)12-9-15-20(19,5)6/h7-8,10,14H,9,11-12,15H2,1-6H3. The molecule has 0 saturated carbocycles. The van der Waals surface area contributed by atoms with E-state index in [-0.39, 0.29) is 0 Å². The molecular formula is C20H30. The van der Waals surface area contributed by atoms with E-state index < -0.39 is 0 Å². The summed E-state index contributed by atoms with van der Waals surface area (Å²) in [4.78, 5) is 0. The van der Waals surface area contributed by atoms with Gasteiger partial charge in [0.15, 0.2) is 0 Å². The van der Waals surface area contributed by atoms with Gasteiger partial charge in [0.25, 0.3) is 0 Å². The number of allylic oxidation sites excluding steroid dienone is 7. The van der Waals surface area contributed by atoms with Crippen LogP contribution in [-0.2, 0) is 0 Å². The monoisotopic (exact) mass is 270 g/mol. The molecule has 0 radical (unpaired) electrons. The minimum Gasteiger partial charge on any atom is -0.121 e. The van der Waals surface area contributed by atoms with E-state index in [1.54, 1.807) is 5.57 Å². The van der Waals surface area contributed by atoms with Crippen LogP contribution in [0.3, 0.4) is 0 Å². The molecule has 0 bridgehead atoms. The summed E-state index contributed by atoms with van der Waals surface area (Å²) in [5.41, 5.74) is 9.46. The molecular weight excluding hydrogens is 240 g/mol. The van der Waals surface area contributed by atoms with E-state index in [0.717, 1.165) is 6.42 Å².